The molecule has 0 radical (unpaired) electrons. The molecule has 120 valence electrons. The maximum Gasteiger partial charge on any atom is 0.262 e. The maximum atomic E-state index is 13.1. The van der Waals surface area contributed by atoms with Gasteiger partial charge in [0.2, 0.25) is 0 Å². The van der Waals surface area contributed by atoms with E-state index in [1.807, 2.05) is 0 Å². The molecule has 1 saturated heterocycles. The molecule has 5 nitrogen and oxygen atoms in total. The summed E-state index contributed by atoms with van der Waals surface area (Å²) < 4.78 is 39.7. The van der Waals surface area contributed by atoms with Crippen molar-refractivity contribution >= 4 is 10.0 Å². The molecule has 1 aliphatic rings. The third-order valence-electron chi connectivity index (χ3n) is 4.09. The van der Waals surface area contributed by atoms with E-state index in [2.05, 4.69) is 15.9 Å². The first-order valence-corrected chi connectivity index (χ1v) is 8.59. The fourth-order valence-corrected chi connectivity index (χ4v) is 4.28. The van der Waals surface area contributed by atoms with Gasteiger partial charge in [-0.25, -0.2) is 17.8 Å². The molecule has 7 heteroatoms. The second-order valence-corrected chi connectivity index (χ2v) is 7.46. The molecule has 0 bridgehead atoms. The summed E-state index contributed by atoms with van der Waals surface area (Å²) in [4.78, 5) is 6.77. The van der Waals surface area contributed by atoms with Gasteiger partial charge >= 0.3 is 0 Å². The van der Waals surface area contributed by atoms with Gasteiger partial charge in [-0.2, -0.15) is 4.31 Å². The Hall–Kier alpha value is -2.17. The van der Waals surface area contributed by atoms with Crippen molar-refractivity contribution in [3.05, 3.63) is 47.7 Å². The van der Waals surface area contributed by atoms with Gasteiger partial charge in [0, 0.05) is 31.1 Å². The van der Waals surface area contributed by atoms with Gasteiger partial charge in [-0.15, -0.1) is 12.3 Å². The summed E-state index contributed by atoms with van der Waals surface area (Å²) in [6, 6.07) is 6.02. The van der Waals surface area contributed by atoms with E-state index in [4.69, 9.17) is 6.42 Å². The Morgan fingerprint density at radius 3 is 2.61 bits per heavy atom. The summed E-state index contributed by atoms with van der Waals surface area (Å²) in [5.74, 6) is 2.45. The highest BCUT2D eigenvalue weighted by atomic mass is 32.2. The molecule has 0 aliphatic carbocycles. The number of aromatic nitrogens is 2. The summed E-state index contributed by atoms with van der Waals surface area (Å²) in [7, 11) is -3.69. The molecule has 0 saturated carbocycles. The molecule has 3 rings (SSSR count). The normalized spacial score (nSPS) is 22.1. The van der Waals surface area contributed by atoms with Crippen molar-refractivity contribution in [2.75, 3.05) is 13.1 Å². The quantitative estimate of drug-likeness (QED) is 0.873. The Morgan fingerprint density at radius 2 is 2.04 bits per heavy atom. The van der Waals surface area contributed by atoms with E-state index in [-0.39, 0.29) is 35.8 Å². The number of H-pyrrole nitrogens is 1. The lowest BCUT2D eigenvalue weighted by Crippen LogP contribution is -2.29. The van der Waals surface area contributed by atoms with Crippen LogP contribution in [-0.4, -0.2) is 35.8 Å². The molecule has 1 aromatic carbocycles. The minimum absolute atomic E-state index is 0.00877. The lowest BCUT2D eigenvalue weighted by Gasteiger charge is -2.15. The number of hydrogen-bond acceptors (Lipinski definition) is 3. The predicted molar refractivity (Wildman–Crippen MR) is 83.5 cm³/mol. The number of rotatable bonds is 3. The molecule has 2 aromatic rings. The topological polar surface area (TPSA) is 66.1 Å². The van der Waals surface area contributed by atoms with Crippen LogP contribution in [0.2, 0.25) is 0 Å². The Balaban J connectivity index is 1.90. The Labute approximate surface area is 134 Å². The number of nitrogens with zero attached hydrogens (tertiary/aromatic N) is 2. The van der Waals surface area contributed by atoms with Crippen molar-refractivity contribution in [1.29, 1.82) is 0 Å². The molecular formula is C16H16FN3O2S. The van der Waals surface area contributed by atoms with Crippen LogP contribution >= 0.6 is 0 Å². The molecule has 1 aliphatic heterocycles. The minimum Gasteiger partial charge on any atom is -0.348 e. The van der Waals surface area contributed by atoms with E-state index in [0.29, 0.717) is 5.82 Å². The lowest BCUT2D eigenvalue weighted by molar-refractivity contribution is 0.467. The molecule has 0 amide bonds. The number of aromatic amines is 1. The molecular weight excluding hydrogens is 317 g/mol. The molecule has 1 aromatic heterocycles. The van der Waals surface area contributed by atoms with Crippen molar-refractivity contribution in [3.63, 3.8) is 0 Å². The Morgan fingerprint density at radius 1 is 1.35 bits per heavy atom. The molecule has 2 heterocycles. The SMILES string of the molecule is C#C[C@H]1CN(S(=O)(=O)c2c[nH]c(C)n2)C[C@@H]1c1ccc(F)cc1. The van der Waals surface area contributed by atoms with Crippen LogP contribution in [0.1, 0.15) is 17.3 Å². The van der Waals surface area contributed by atoms with Gasteiger partial charge in [-0.3, -0.25) is 0 Å². The van der Waals surface area contributed by atoms with E-state index in [9.17, 15) is 12.8 Å². The highest BCUT2D eigenvalue weighted by Gasteiger charge is 2.40. The minimum atomic E-state index is -3.69. The number of halogens is 1. The fourth-order valence-electron chi connectivity index (χ4n) is 2.84. The van der Waals surface area contributed by atoms with Gasteiger partial charge in [-0.05, 0) is 24.6 Å². The maximum absolute atomic E-state index is 13.1. The van der Waals surface area contributed by atoms with Crippen molar-refractivity contribution in [3.8, 4) is 12.3 Å². The number of nitrogens with one attached hydrogen (secondary N) is 1. The average Bonchev–Trinajstić information content (AvgIpc) is 3.15. The lowest BCUT2D eigenvalue weighted by atomic mass is 9.90. The largest absolute Gasteiger partial charge is 0.348 e. The standard InChI is InChI=1S/C16H16FN3O2S/c1-3-12-9-20(23(21,22)16-8-18-11(2)19-16)10-15(12)13-4-6-14(17)7-5-13/h1,4-8,12,15H,9-10H2,2H3,(H,18,19)/t12-,15-/m0/s1. The van der Waals surface area contributed by atoms with Crippen LogP contribution in [0.4, 0.5) is 4.39 Å². The molecule has 1 N–H and O–H groups in total. The van der Waals surface area contributed by atoms with Crippen molar-refractivity contribution < 1.29 is 12.8 Å². The van der Waals surface area contributed by atoms with Crippen LogP contribution in [0, 0.1) is 31.0 Å². The van der Waals surface area contributed by atoms with Crippen LogP contribution in [0.3, 0.4) is 0 Å². The van der Waals surface area contributed by atoms with Gasteiger partial charge in [0.1, 0.15) is 11.6 Å². The van der Waals surface area contributed by atoms with Gasteiger partial charge < -0.3 is 4.98 Å². The summed E-state index contributed by atoms with van der Waals surface area (Å²) in [5.41, 5.74) is 0.838. The number of aryl methyl sites for hydroxylation is 1. The summed E-state index contributed by atoms with van der Waals surface area (Å²) in [5, 5.41) is -0.00877. The monoisotopic (exact) mass is 333 g/mol. The number of sulfonamides is 1. The predicted octanol–water partition coefficient (Wildman–Crippen LogP) is 1.89. The highest BCUT2D eigenvalue weighted by Crippen LogP contribution is 2.35. The van der Waals surface area contributed by atoms with Crippen LogP contribution < -0.4 is 0 Å². The third-order valence-corrected chi connectivity index (χ3v) is 5.80. The Bertz CT molecular complexity index is 852. The van der Waals surface area contributed by atoms with Gasteiger partial charge in [0.25, 0.3) is 10.0 Å². The number of hydrogen-bond donors (Lipinski definition) is 1. The van der Waals surface area contributed by atoms with Crippen LogP contribution in [0.5, 0.6) is 0 Å². The average molecular weight is 333 g/mol. The van der Waals surface area contributed by atoms with E-state index < -0.39 is 10.0 Å². The van der Waals surface area contributed by atoms with E-state index >= 15 is 0 Å². The first-order valence-electron chi connectivity index (χ1n) is 7.15. The fraction of sp³-hybridized carbons (Fsp3) is 0.312. The van der Waals surface area contributed by atoms with Crippen LogP contribution in [0.25, 0.3) is 0 Å². The molecule has 2 atom stereocenters. The second kappa shape index (κ2) is 5.80. The summed E-state index contributed by atoms with van der Waals surface area (Å²) in [6.07, 6.45) is 6.95. The molecule has 1 fully saturated rings. The highest BCUT2D eigenvalue weighted by molar-refractivity contribution is 7.89. The zero-order chi connectivity index (χ0) is 16.6. The van der Waals surface area contributed by atoms with Crippen molar-refractivity contribution in [2.24, 2.45) is 5.92 Å². The van der Waals surface area contributed by atoms with Crippen molar-refractivity contribution in [1.82, 2.24) is 14.3 Å². The number of terminal acetylenes is 1. The van der Waals surface area contributed by atoms with Crippen molar-refractivity contribution in [2.45, 2.75) is 17.9 Å². The van der Waals surface area contributed by atoms with Gasteiger partial charge in [0.05, 0.1) is 0 Å². The van der Waals surface area contributed by atoms with Crippen LogP contribution in [0.15, 0.2) is 35.5 Å². The summed E-state index contributed by atoms with van der Waals surface area (Å²) in [6.45, 7) is 2.18. The number of benzene rings is 1. The van der Waals surface area contributed by atoms with E-state index in [1.54, 1.807) is 19.1 Å². The first-order chi connectivity index (χ1) is 10.9. The first kappa shape index (κ1) is 15.7. The number of imidazole rings is 1. The second-order valence-electron chi connectivity index (χ2n) is 5.58. The molecule has 23 heavy (non-hydrogen) atoms. The molecule has 0 unspecified atom stereocenters. The van der Waals surface area contributed by atoms with Gasteiger partial charge in [-0.1, -0.05) is 12.1 Å². The summed E-state index contributed by atoms with van der Waals surface area (Å²) >= 11 is 0. The molecule has 0 spiro atoms. The smallest absolute Gasteiger partial charge is 0.262 e. The third kappa shape index (κ3) is 2.87. The van der Waals surface area contributed by atoms with E-state index in [0.717, 1.165) is 5.56 Å². The van der Waals surface area contributed by atoms with Crippen LogP contribution in [-0.2, 0) is 10.0 Å². The zero-order valence-corrected chi connectivity index (χ0v) is 13.3. The Kier molecular flexibility index (Phi) is 3.96. The van der Waals surface area contributed by atoms with E-state index in [1.165, 1.54) is 22.6 Å². The zero-order valence-electron chi connectivity index (χ0n) is 12.5. The van der Waals surface area contributed by atoms with Gasteiger partial charge in [0.15, 0.2) is 5.03 Å².